The summed E-state index contributed by atoms with van der Waals surface area (Å²) in [7, 11) is 0. The summed E-state index contributed by atoms with van der Waals surface area (Å²) in [5.41, 5.74) is -1.16. The van der Waals surface area contributed by atoms with Crippen LogP contribution in [0.2, 0.25) is 0 Å². The van der Waals surface area contributed by atoms with Crippen LogP contribution in [0.15, 0.2) is 0 Å². The predicted molar refractivity (Wildman–Crippen MR) is 59.0 cm³/mol. The molecule has 0 aromatic heterocycles. The highest BCUT2D eigenvalue weighted by atomic mass is 16.6. The van der Waals surface area contributed by atoms with E-state index in [1.807, 2.05) is 6.92 Å². The van der Waals surface area contributed by atoms with E-state index >= 15 is 0 Å². The van der Waals surface area contributed by atoms with Crippen molar-refractivity contribution in [2.75, 3.05) is 13.2 Å². The van der Waals surface area contributed by atoms with Crippen molar-refractivity contribution in [3.05, 3.63) is 0 Å². The fourth-order valence-electron chi connectivity index (χ4n) is 1.49. The predicted octanol–water partition coefficient (Wildman–Crippen LogP) is 1.71. The molecule has 0 aromatic carbocycles. The maximum atomic E-state index is 11.8. The molecule has 2 unspecified atom stereocenters. The van der Waals surface area contributed by atoms with Crippen LogP contribution in [0.1, 0.15) is 40.5 Å². The van der Waals surface area contributed by atoms with Gasteiger partial charge in [0, 0.05) is 0 Å². The first-order chi connectivity index (χ1) is 7.34. The fraction of sp³-hybridized carbons (Fsp3) is 0.833. The zero-order valence-corrected chi connectivity index (χ0v) is 10.5. The van der Waals surface area contributed by atoms with Crippen LogP contribution < -0.4 is 0 Å². The molecule has 4 nitrogen and oxygen atoms in total. The molecule has 0 bridgehead atoms. The fourth-order valence-corrected chi connectivity index (χ4v) is 1.49. The van der Waals surface area contributed by atoms with Crippen molar-refractivity contribution in [3.63, 3.8) is 0 Å². The van der Waals surface area contributed by atoms with Gasteiger partial charge in [-0.1, -0.05) is 0 Å². The molecule has 0 amide bonds. The maximum Gasteiger partial charge on any atom is 0.319 e. The van der Waals surface area contributed by atoms with Crippen molar-refractivity contribution in [1.29, 1.82) is 0 Å². The molecule has 2 atom stereocenters. The summed E-state index contributed by atoms with van der Waals surface area (Å²) >= 11 is 0. The van der Waals surface area contributed by atoms with E-state index in [-0.39, 0.29) is 11.4 Å². The Labute approximate surface area is 96.3 Å². The van der Waals surface area contributed by atoms with Gasteiger partial charge in [0.05, 0.1) is 18.8 Å². The van der Waals surface area contributed by atoms with Gasteiger partial charge in [0.1, 0.15) is 11.2 Å². The van der Waals surface area contributed by atoms with Crippen LogP contribution in [0.5, 0.6) is 0 Å². The van der Waals surface area contributed by atoms with Crippen LogP contribution in [0.25, 0.3) is 0 Å². The summed E-state index contributed by atoms with van der Waals surface area (Å²) in [5.74, 6) is -0.568. The standard InChI is InChI=1S/C12H20O4/c1-5-15-10(14)12(4,9(2)13)7-6-11(3)8-16-11/h5-8H2,1-4H3. The van der Waals surface area contributed by atoms with Crippen LogP contribution in [0, 0.1) is 5.41 Å². The molecule has 0 aromatic rings. The van der Waals surface area contributed by atoms with E-state index in [1.54, 1.807) is 13.8 Å². The van der Waals surface area contributed by atoms with Crippen molar-refractivity contribution >= 4 is 11.8 Å². The Kier molecular flexibility index (Phi) is 3.73. The summed E-state index contributed by atoms with van der Waals surface area (Å²) in [5, 5.41) is 0. The molecule has 16 heavy (non-hydrogen) atoms. The van der Waals surface area contributed by atoms with Crippen LogP contribution in [-0.2, 0) is 19.1 Å². The van der Waals surface area contributed by atoms with Crippen molar-refractivity contribution < 1.29 is 19.1 Å². The van der Waals surface area contributed by atoms with Gasteiger partial charge in [-0.15, -0.1) is 0 Å². The lowest BCUT2D eigenvalue weighted by Gasteiger charge is -2.24. The molecule has 1 aliphatic rings. The van der Waals surface area contributed by atoms with Crippen LogP contribution in [-0.4, -0.2) is 30.6 Å². The third kappa shape index (κ3) is 2.82. The number of esters is 1. The smallest absolute Gasteiger partial charge is 0.319 e. The van der Waals surface area contributed by atoms with Crippen LogP contribution in [0.3, 0.4) is 0 Å². The normalized spacial score (nSPS) is 27.0. The maximum absolute atomic E-state index is 11.8. The molecule has 0 radical (unpaired) electrons. The van der Waals surface area contributed by atoms with Crippen molar-refractivity contribution in [1.82, 2.24) is 0 Å². The second-order valence-corrected chi connectivity index (χ2v) is 4.85. The molecule has 92 valence electrons. The molecule has 0 spiro atoms. The molecule has 0 N–H and O–H groups in total. The number of hydrogen-bond acceptors (Lipinski definition) is 4. The topological polar surface area (TPSA) is 55.9 Å². The number of carbonyl (C=O) groups is 2. The molecular formula is C12H20O4. The van der Waals surface area contributed by atoms with E-state index in [4.69, 9.17) is 9.47 Å². The third-order valence-corrected chi connectivity index (χ3v) is 3.29. The van der Waals surface area contributed by atoms with E-state index in [9.17, 15) is 9.59 Å². The first kappa shape index (κ1) is 13.2. The molecule has 4 heteroatoms. The average molecular weight is 228 g/mol. The molecule has 1 rings (SSSR count). The Hall–Kier alpha value is -0.900. The molecule has 0 saturated carbocycles. The number of carbonyl (C=O) groups excluding carboxylic acids is 2. The van der Waals surface area contributed by atoms with Crippen LogP contribution >= 0.6 is 0 Å². The summed E-state index contributed by atoms with van der Waals surface area (Å²) < 4.78 is 10.2. The molecule has 0 aliphatic carbocycles. The van der Waals surface area contributed by atoms with Crippen molar-refractivity contribution in [2.45, 2.75) is 46.1 Å². The first-order valence-electron chi connectivity index (χ1n) is 5.66. The molecule has 1 saturated heterocycles. The minimum atomic E-state index is -1.02. The van der Waals surface area contributed by atoms with Gasteiger partial charge in [-0.2, -0.15) is 0 Å². The number of ether oxygens (including phenoxy) is 2. The Morgan fingerprint density at radius 1 is 1.50 bits per heavy atom. The van der Waals surface area contributed by atoms with Gasteiger partial charge in [0.25, 0.3) is 0 Å². The number of hydrogen-bond donors (Lipinski definition) is 0. The monoisotopic (exact) mass is 228 g/mol. The van der Waals surface area contributed by atoms with Gasteiger partial charge < -0.3 is 9.47 Å². The van der Waals surface area contributed by atoms with E-state index in [0.717, 1.165) is 0 Å². The molecular weight excluding hydrogens is 208 g/mol. The number of epoxide rings is 1. The third-order valence-electron chi connectivity index (χ3n) is 3.29. The zero-order chi connectivity index (χ0) is 12.4. The van der Waals surface area contributed by atoms with Gasteiger partial charge in [-0.05, 0) is 40.5 Å². The van der Waals surface area contributed by atoms with Crippen molar-refractivity contribution in [3.8, 4) is 0 Å². The SMILES string of the molecule is CCOC(=O)C(C)(CCC1(C)CO1)C(C)=O. The van der Waals surface area contributed by atoms with Crippen molar-refractivity contribution in [2.24, 2.45) is 5.41 Å². The lowest BCUT2D eigenvalue weighted by atomic mass is 9.80. The summed E-state index contributed by atoms with van der Waals surface area (Å²) in [6, 6.07) is 0. The Morgan fingerprint density at radius 3 is 2.44 bits per heavy atom. The van der Waals surface area contributed by atoms with Crippen LogP contribution in [0.4, 0.5) is 0 Å². The van der Waals surface area contributed by atoms with E-state index in [0.29, 0.717) is 26.1 Å². The highest BCUT2D eigenvalue weighted by Crippen LogP contribution is 2.37. The quantitative estimate of drug-likeness (QED) is 0.394. The van der Waals surface area contributed by atoms with Gasteiger partial charge in [-0.25, -0.2) is 0 Å². The highest BCUT2D eigenvalue weighted by Gasteiger charge is 2.45. The first-order valence-corrected chi connectivity index (χ1v) is 5.66. The lowest BCUT2D eigenvalue weighted by molar-refractivity contribution is -0.159. The summed E-state index contributed by atoms with van der Waals surface area (Å²) in [4.78, 5) is 23.3. The minimum Gasteiger partial charge on any atom is -0.465 e. The number of Topliss-reactive ketones (excluding diaryl/α,β-unsaturated/α-hetero) is 1. The van der Waals surface area contributed by atoms with E-state index in [1.165, 1.54) is 6.92 Å². The van der Waals surface area contributed by atoms with Gasteiger partial charge in [0.2, 0.25) is 0 Å². The van der Waals surface area contributed by atoms with Gasteiger partial charge in [-0.3, -0.25) is 9.59 Å². The summed E-state index contributed by atoms with van der Waals surface area (Å²) in [6.07, 6.45) is 1.19. The Morgan fingerprint density at radius 2 is 2.06 bits per heavy atom. The molecule has 1 aliphatic heterocycles. The van der Waals surface area contributed by atoms with E-state index in [2.05, 4.69) is 0 Å². The van der Waals surface area contributed by atoms with Gasteiger partial charge >= 0.3 is 5.97 Å². The average Bonchev–Trinajstić information content (AvgIpc) is 2.94. The summed E-state index contributed by atoms with van der Waals surface area (Å²) in [6.45, 7) is 7.83. The van der Waals surface area contributed by atoms with E-state index < -0.39 is 11.4 Å². The second-order valence-electron chi connectivity index (χ2n) is 4.85. The largest absolute Gasteiger partial charge is 0.465 e. The Bertz CT molecular complexity index is 293. The molecule has 1 heterocycles. The lowest BCUT2D eigenvalue weighted by Crippen LogP contribution is -2.37. The number of ketones is 1. The molecule has 1 fully saturated rings. The number of rotatable bonds is 6. The zero-order valence-electron chi connectivity index (χ0n) is 10.5. The highest BCUT2D eigenvalue weighted by molar-refractivity contribution is 6.02. The van der Waals surface area contributed by atoms with Gasteiger partial charge in [0.15, 0.2) is 0 Å². The Balaban J connectivity index is 2.64. The minimum absolute atomic E-state index is 0.136. The second kappa shape index (κ2) is 4.53.